The highest BCUT2D eigenvalue weighted by Crippen LogP contribution is 2.19. The summed E-state index contributed by atoms with van der Waals surface area (Å²) in [4.78, 5) is 35.2. The molecule has 130 valence electrons. The molecule has 25 heavy (non-hydrogen) atoms. The number of carbonyl (C=O) groups excluding carboxylic acids is 3. The largest absolute Gasteiger partial charge is 0.368 e. The van der Waals surface area contributed by atoms with E-state index in [2.05, 4.69) is 5.32 Å². The van der Waals surface area contributed by atoms with E-state index in [0.29, 0.717) is 12.0 Å². The van der Waals surface area contributed by atoms with Gasteiger partial charge in [0, 0.05) is 18.4 Å². The van der Waals surface area contributed by atoms with Crippen LogP contribution in [0.1, 0.15) is 36.5 Å². The third kappa shape index (κ3) is 5.28. The van der Waals surface area contributed by atoms with Crippen molar-refractivity contribution in [3.8, 4) is 11.1 Å². The maximum Gasteiger partial charge on any atom is 0.251 e. The molecule has 5 nitrogen and oxygen atoms in total. The zero-order valence-electron chi connectivity index (χ0n) is 14.2. The van der Waals surface area contributed by atoms with E-state index in [1.54, 1.807) is 19.1 Å². The molecule has 0 saturated carbocycles. The molecular formula is C20H22N2O3. The fourth-order valence-corrected chi connectivity index (χ4v) is 2.45. The molecule has 0 spiro atoms. The maximum absolute atomic E-state index is 12.3. The molecule has 5 heteroatoms. The Morgan fingerprint density at radius 3 is 2.12 bits per heavy atom. The summed E-state index contributed by atoms with van der Waals surface area (Å²) in [7, 11) is 0. The number of ketones is 1. The van der Waals surface area contributed by atoms with Gasteiger partial charge in [-0.05, 0) is 29.7 Å². The lowest BCUT2D eigenvalue weighted by Crippen LogP contribution is -2.44. The average Bonchev–Trinajstić information content (AvgIpc) is 2.65. The second-order valence-electron chi connectivity index (χ2n) is 5.80. The Morgan fingerprint density at radius 1 is 0.960 bits per heavy atom. The van der Waals surface area contributed by atoms with Crippen LogP contribution in [-0.4, -0.2) is 23.6 Å². The van der Waals surface area contributed by atoms with Crippen LogP contribution in [-0.2, 0) is 9.59 Å². The van der Waals surface area contributed by atoms with E-state index in [0.717, 1.165) is 11.1 Å². The molecule has 0 heterocycles. The third-order valence-electron chi connectivity index (χ3n) is 4.01. The Balaban J connectivity index is 2.03. The van der Waals surface area contributed by atoms with Crippen LogP contribution < -0.4 is 11.1 Å². The van der Waals surface area contributed by atoms with E-state index in [9.17, 15) is 14.4 Å². The fourth-order valence-electron chi connectivity index (χ4n) is 2.45. The van der Waals surface area contributed by atoms with Crippen LogP contribution in [0.2, 0.25) is 0 Å². The molecule has 2 rings (SSSR count). The van der Waals surface area contributed by atoms with Crippen molar-refractivity contribution in [2.24, 2.45) is 5.73 Å². The minimum absolute atomic E-state index is 0.0349. The highest BCUT2D eigenvalue weighted by Gasteiger charge is 2.19. The SMILES string of the molecule is CCC(=O)CC[C@@H](NC(=O)c1ccc(-c2ccccc2)cc1)C(N)=O. The summed E-state index contributed by atoms with van der Waals surface area (Å²) in [5.74, 6) is -0.988. The molecule has 0 saturated heterocycles. The summed E-state index contributed by atoms with van der Waals surface area (Å²) in [5.41, 5.74) is 7.82. The highest BCUT2D eigenvalue weighted by molar-refractivity contribution is 5.97. The summed E-state index contributed by atoms with van der Waals surface area (Å²) in [6.45, 7) is 1.76. The predicted octanol–water partition coefficient (Wildman–Crippen LogP) is 2.70. The molecule has 0 fully saturated rings. The van der Waals surface area contributed by atoms with Gasteiger partial charge < -0.3 is 11.1 Å². The fraction of sp³-hybridized carbons (Fsp3) is 0.250. The van der Waals surface area contributed by atoms with Gasteiger partial charge in [-0.15, -0.1) is 0 Å². The summed E-state index contributed by atoms with van der Waals surface area (Å²) in [5, 5.41) is 2.61. The molecule has 0 radical (unpaired) electrons. The number of carbonyl (C=O) groups is 3. The van der Waals surface area contributed by atoms with Gasteiger partial charge in [-0.25, -0.2) is 0 Å². The van der Waals surface area contributed by atoms with Gasteiger partial charge in [-0.3, -0.25) is 14.4 Å². The number of Topliss-reactive ketones (excluding diaryl/α,β-unsaturated/α-hetero) is 1. The normalized spacial score (nSPS) is 11.6. The minimum Gasteiger partial charge on any atom is -0.368 e. The third-order valence-corrected chi connectivity index (χ3v) is 4.01. The molecule has 0 aliphatic rings. The molecule has 0 aliphatic carbocycles. The van der Waals surface area contributed by atoms with Crippen LogP contribution in [0.15, 0.2) is 54.6 Å². The van der Waals surface area contributed by atoms with Gasteiger partial charge in [0.05, 0.1) is 0 Å². The Kier molecular flexibility index (Phi) is 6.46. The first kappa shape index (κ1) is 18.4. The van der Waals surface area contributed by atoms with Crippen LogP contribution >= 0.6 is 0 Å². The Bertz CT molecular complexity index is 739. The van der Waals surface area contributed by atoms with Crippen molar-refractivity contribution in [3.05, 3.63) is 60.2 Å². The van der Waals surface area contributed by atoms with Crippen LogP contribution in [0.3, 0.4) is 0 Å². The quantitative estimate of drug-likeness (QED) is 0.775. The first-order valence-electron chi connectivity index (χ1n) is 8.28. The summed E-state index contributed by atoms with van der Waals surface area (Å²) < 4.78 is 0. The lowest BCUT2D eigenvalue weighted by atomic mass is 10.0. The summed E-state index contributed by atoms with van der Waals surface area (Å²) >= 11 is 0. The minimum atomic E-state index is -0.850. The maximum atomic E-state index is 12.3. The van der Waals surface area contributed by atoms with Gasteiger partial charge in [0.25, 0.3) is 5.91 Å². The number of amides is 2. The Labute approximate surface area is 147 Å². The number of nitrogens with two attached hydrogens (primary N) is 1. The monoisotopic (exact) mass is 338 g/mol. The highest BCUT2D eigenvalue weighted by atomic mass is 16.2. The molecule has 1 atom stereocenters. The van der Waals surface area contributed by atoms with E-state index in [-0.39, 0.29) is 24.5 Å². The Morgan fingerprint density at radius 2 is 1.56 bits per heavy atom. The molecule has 2 amide bonds. The summed E-state index contributed by atoms with van der Waals surface area (Å²) in [6.07, 6.45) is 0.841. The first-order chi connectivity index (χ1) is 12.0. The standard InChI is InChI=1S/C20H22N2O3/c1-2-17(23)12-13-18(19(21)24)22-20(25)16-10-8-15(9-11-16)14-6-4-3-5-7-14/h3-11,18H,2,12-13H2,1H3,(H2,21,24)(H,22,25)/t18-/m1/s1. The summed E-state index contributed by atoms with van der Waals surface area (Å²) in [6, 6.07) is 16.1. The van der Waals surface area contributed by atoms with Gasteiger partial charge in [-0.1, -0.05) is 49.4 Å². The van der Waals surface area contributed by atoms with Gasteiger partial charge >= 0.3 is 0 Å². The van der Waals surface area contributed by atoms with Crippen molar-refractivity contribution < 1.29 is 14.4 Å². The van der Waals surface area contributed by atoms with Gasteiger partial charge in [0.15, 0.2) is 0 Å². The van der Waals surface area contributed by atoms with E-state index in [1.807, 2.05) is 42.5 Å². The van der Waals surface area contributed by atoms with Crippen molar-refractivity contribution in [3.63, 3.8) is 0 Å². The van der Waals surface area contributed by atoms with Crippen molar-refractivity contribution >= 4 is 17.6 Å². The van der Waals surface area contributed by atoms with E-state index in [1.165, 1.54) is 0 Å². The molecular weight excluding hydrogens is 316 g/mol. The number of benzene rings is 2. The second-order valence-corrected chi connectivity index (χ2v) is 5.80. The van der Waals surface area contributed by atoms with Crippen LogP contribution in [0.5, 0.6) is 0 Å². The molecule has 0 bridgehead atoms. The lowest BCUT2D eigenvalue weighted by Gasteiger charge is -2.15. The second kappa shape index (κ2) is 8.78. The predicted molar refractivity (Wildman–Crippen MR) is 96.9 cm³/mol. The molecule has 0 aliphatic heterocycles. The zero-order valence-corrected chi connectivity index (χ0v) is 14.2. The van der Waals surface area contributed by atoms with Crippen molar-refractivity contribution in [1.82, 2.24) is 5.32 Å². The van der Waals surface area contributed by atoms with E-state index < -0.39 is 11.9 Å². The van der Waals surface area contributed by atoms with Crippen molar-refractivity contribution in [1.29, 1.82) is 0 Å². The van der Waals surface area contributed by atoms with Crippen LogP contribution in [0.25, 0.3) is 11.1 Å². The van der Waals surface area contributed by atoms with E-state index in [4.69, 9.17) is 5.73 Å². The zero-order chi connectivity index (χ0) is 18.2. The lowest BCUT2D eigenvalue weighted by molar-refractivity contribution is -0.121. The number of rotatable bonds is 8. The molecule has 2 aromatic carbocycles. The van der Waals surface area contributed by atoms with Crippen molar-refractivity contribution in [2.75, 3.05) is 0 Å². The smallest absolute Gasteiger partial charge is 0.251 e. The van der Waals surface area contributed by atoms with Gasteiger partial charge in [0.2, 0.25) is 5.91 Å². The first-order valence-corrected chi connectivity index (χ1v) is 8.28. The van der Waals surface area contributed by atoms with Crippen molar-refractivity contribution in [2.45, 2.75) is 32.2 Å². The topological polar surface area (TPSA) is 89.3 Å². The van der Waals surface area contributed by atoms with Crippen LogP contribution in [0, 0.1) is 0 Å². The molecule has 0 aromatic heterocycles. The van der Waals surface area contributed by atoms with Crippen LogP contribution in [0.4, 0.5) is 0 Å². The number of primary amides is 1. The van der Waals surface area contributed by atoms with E-state index >= 15 is 0 Å². The van der Waals surface area contributed by atoms with Gasteiger partial charge in [-0.2, -0.15) is 0 Å². The molecule has 3 N–H and O–H groups in total. The average molecular weight is 338 g/mol. The number of nitrogens with one attached hydrogen (secondary N) is 1. The Hall–Kier alpha value is -2.95. The molecule has 2 aromatic rings. The molecule has 0 unspecified atom stereocenters. The number of hydrogen-bond acceptors (Lipinski definition) is 3. The van der Waals surface area contributed by atoms with Gasteiger partial charge in [0.1, 0.15) is 11.8 Å². The number of hydrogen-bond donors (Lipinski definition) is 2.